The number of carbonyl (C=O) groups excluding carboxylic acids is 1. The minimum atomic E-state index is -0.387. The van der Waals surface area contributed by atoms with Crippen molar-refractivity contribution >= 4 is 57.1 Å². The molecule has 31 heavy (non-hydrogen) atoms. The van der Waals surface area contributed by atoms with Crippen molar-refractivity contribution in [2.24, 2.45) is 9.98 Å². The molecule has 1 N–H and O–H groups in total. The summed E-state index contributed by atoms with van der Waals surface area (Å²) in [5.74, 6) is -0.448. The van der Waals surface area contributed by atoms with Gasteiger partial charge in [0.05, 0.1) is 27.9 Å². The highest BCUT2D eigenvalue weighted by Gasteiger charge is 2.17. The first-order valence-electron chi connectivity index (χ1n) is 9.67. The lowest BCUT2D eigenvalue weighted by Gasteiger charge is -2.10. The van der Waals surface area contributed by atoms with Crippen LogP contribution in [-0.4, -0.2) is 22.4 Å². The molecule has 0 aliphatic carbocycles. The Hall–Kier alpha value is -2.96. The summed E-state index contributed by atoms with van der Waals surface area (Å²) in [6.07, 6.45) is 0.493. The van der Waals surface area contributed by atoms with E-state index < -0.39 is 0 Å². The third-order valence-electron chi connectivity index (χ3n) is 4.72. The highest BCUT2D eigenvalue weighted by molar-refractivity contribution is 8.14. The van der Waals surface area contributed by atoms with Gasteiger partial charge in [-0.25, -0.2) is 9.38 Å². The smallest absolute Gasteiger partial charge is 0.234 e. The summed E-state index contributed by atoms with van der Waals surface area (Å²) in [5.41, 5.74) is 4.63. The fourth-order valence-corrected chi connectivity index (χ4v) is 4.01. The zero-order valence-corrected chi connectivity index (χ0v) is 18.3. The molecular formula is C24H19ClFN3OS. The largest absolute Gasteiger partial charge is 0.325 e. The number of benzene rings is 3. The lowest BCUT2D eigenvalue weighted by atomic mass is 10.1. The zero-order valence-electron chi connectivity index (χ0n) is 16.7. The Kier molecular flexibility index (Phi) is 6.49. The lowest BCUT2D eigenvalue weighted by molar-refractivity contribution is -0.113. The molecule has 0 fully saturated rings. The lowest BCUT2D eigenvalue weighted by Crippen LogP contribution is -2.17. The van der Waals surface area contributed by atoms with E-state index in [0.717, 1.165) is 33.3 Å². The van der Waals surface area contributed by atoms with E-state index in [2.05, 4.69) is 5.32 Å². The standard InChI is InChI=1S/C24H19ClFN3OS/c1-15-6-11-18(26)12-21(15)28-23(30)14-31-24-13-22(16-7-9-17(25)10-8-16)27-19-4-2-3-5-20(19)29-24/h2-12H,13-14H2,1H3,(H,28,30). The van der Waals surface area contributed by atoms with Gasteiger partial charge in [-0.05, 0) is 54.4 Å². The van der Waals surface area contributed by atoms with E-state index in [-0.39, 0.29) is 17.5 Å². The predicted molar refractivity (Wildman–Crippen MR) is 128 cm³/mol. The fourth-order valence-electron chi connectivity index (χ4n) is 3.11. The maximum absolute atomic E-state index is 13.5. The van der Waals surface area contributed by atoms with Gasteiger partial charge in [0, 0.05) is 17.1 Å². The molecule has 7 heteroatoms. The number of aryl methyl sites for hydroxylation is 1. The number of anilines is 1. The highest BCUT2D eigenvalue weighted by atomic mass is 35.5. The van der Waals surface area contributed by atoms with E-state index >= 15 is 0 Å². The van der Waals surface area contributed by atoms with Crippen molar-refractivity contribution in [3.05, 3.63) is 88.7 Å². The molecule has 156 valence electrons. The Morgan fingerprint density at radius 3 is 2.52 bits per heavy atom. The summed E-state index contributed by atoms with van der Waals surface area (Å²) in [5, 5.41) is 4.22. The second-order valence-corrected chi connectivity index (χ2v) is 8.52. The number of carbonyl (C=O) groups is 1. The van der Waals surface area contributed by atoms with Crippen molar-refractivity contribution < 1.29 is 9.18 Å². The Bertz CT molecular complexity index is 1190. The molecule has 1 heterocycles. The van der Waals surface area contributed by atoms with E-state index in [9.17, 15) is 9.18 Å². The first-order chi connectivity index (χ1) is 15.0. The molecule has 0 radical (unpaired) electrons. The van der Waals surface area contributed by atoms with Crippen LogP contribution in [0.1, 0.15) is 17.5 Å². The summed E-state index contributed by atoms with van der Waals surface area (Å²) in [4.78, 5) is 22.0. The first-order valence-corrected chi connectivity index (χ1v) is 11.0. The Balaban J connectivity index is 1.53. The van der Waals surface area contributed by atoms with Gasteiger partial charge in [-0.1, -0.05) is 41.9 Å². The van der Waals surface area contributed by atoms with Gasteiger partial charge >= 0.3 is 0 Å². The topological polar surface area (TPSA) is 53.8 Å². The van der Waals surface area contributed by atoms with Crippen molar-refractivity contribution in [2.45, 2.75) is 13.3 Å². The molecule has 0 saturated heterocycles. The Morgan fingerprint density at radius 2 is 1.77 bits per heavy atom. The van der Waals surface area contributed by atoms with Crippen LogP contribution in [0.15, 0.2) is 76.7 Å². The molecule has 0 saturated carbocycles. The van der Waals surface area contributed by atoms with E-state index in [0.29, 0.717) is 17.1 Å². The van der Waals surface area contributed by atoms with Gasteiger partial charge in [0.2, 0.25) is 5.91 Å². The molecule has 0 bridgehead atoms. The van der Waals surface area contributed by atoms with E-state index in [1.807, 2.05) is 55.5 Å². The van der Waals surface area contributed by atoms with Crippen LogP contribution in [0.4, 0.5) is 21.5 Å². The normalized spacial score (nSPS) is 13.0. The number of halogens is 2. The Morgan fingerprint density at radius 1 is 1.06 bits per heavy atom. The molecular weight excluding hydrogens is 433 g/mol. The van der Waals surface area contributed by atoms with E-state index in [1.54, 1.807) is 6.07 Å². The summed E-state index contributed by atoms with van der Waals surface area (Å²) in [6.45, 7) is 1.82. The van der Waals surface area contributed by atoms with Gasteiger partial charge < -0.3 is 5.32 Å². The van der Waals surface area contributed by atoms with E-state index in [4.69, 9.17) is 21.6 Å². The van der Waals surface area contributed by atoms with Crippen LogP contribution < -0.4 is 5.32 Å². The molecule has 1 aliphatic heterocycles. The minimum Gasteiger partial charge on any atom is -0.325 e. The van der Waals surface area contributed by atoms with Crippen LogP contribution >= 0.6 is 23.4 Å². The minimum absolute atomic E-state index is 0.158. The number of hydrogen-bond donors (Lipinski definition) is 1. The molecule has 3 aromatic carbocycles. The van der Waals surface area contributed by atoms with Crippen molar-refractivity contribution in [3.63, 3.8) is 0 Å². The van der Waals surface area contributed by atoms with Gasteiger partial charge in [-0.3, -0.25) is 9.79 Å². The highest BCUT2D eigenvalue weighted by Crippen LogP contribution is 2.33. The Labute approximate surface area is 189 Å². The van der Waals surface area contributed by atoms with E-state index in [1.165, 1.54) is 23.9 Å². The number of hydrogen-bond acceptors (Lipinski definition) is 4. The maximum atomic E-state index is 13.5. The van der Waals surface area contributed by atoms with Gasteiger partial charge in [0.25, 0.3) is 0 Å². The second kappa shape index (κ2) is 9.45. The summed E-state index contributed by atoms with van der Waals surface area (Å²) in [6, 6.07) is 19.5. The van der Waals surface area contributed by atoms with Crippen LogP contribution in [0, 0.1) is 12.7 Å². The SMILES string of the molecule is Cc1ccc(F)cc1NC(=O)CSC1=Nc2ccccc2N=C(c2ccc(Cl)cc2)C1. The van der Waals surface area contributed by atoms with Crippen molar-refractivity contribution in [3.8, 4) is 0 Å². The van der Waals surface area contributed by atoms with Gasteiger partial charge in [0.15, 0.2) is 0 Å². The van der Waals surface area contributed by atoms with Crippen LogP contribution in [-0.2, 0) is 4.79 Å². The van der Waals surface area contributed by atoms with Crippen LogP contribution in [0.25, 0.3) is 0 Å². The summed E-state index contributed by atoms with van der Waals surface area (Å²) >= 11 is 7.38. The number of fused-ring (bicyclic) bond motifs is 1. The third-order valence-corrected chi connectivity index (χ3v) is 5.95. The summed E-state index contributed by atoms with van der Waals surface area (Å²) < 4.78 is 13.5. The average Bonchev–Trinajstić information content (AvgIpc) is 2.94. The van der Waals surface area contributed by atoms with Crippen LogP contribution in [0.3, 0.4) is 0 Å². The predicted octanol–water partition coefficient (Wildman–Crippen LogP) is 6.71. The number of aliphatic imine (C=N–C) groups is 2. The first kappa shape index (κ1) is 21.3. The number of rotatable bonds is 4. The number of thioether (sulfide) groups is 1. The third kappa shape index (κ3) is 5.40. The second-order valence-electron chi connectivity index (χ2n) is 7.03. The molecule has 3 aromatic rings. The van der Waals surface area contributed by atoms with Crippen LogP contribution in [0.5, 0.6) is 0 Å². The quantitative estimate of drug-likeness (QED) is 0.479. The molecule has 1 aliphatic rings. The number of amides is 1. The molecule has 1 amide bonds. The molecule has 0 atom stereocenters. The molecule has 4 nitrogen and oxygen atoms in total. The number of para-hydroxylation sites is 2. The van der Waals surface area contributed by atoms with Gasteiger partial charge in [-0.15, -0.1) is 11.8 Å². The average molecular weight is 452 g/mol. The van der Waals surface area contributed by atoms with Crippen molar-refractivity contribution in [1.29, 1.82) is 0 Å². The number of nitrogens with zero attached hydrogens (tertiary/aromatic N) is 2. The monoisotopic (exact) mass is 451 g/mol. The van der Waals surface area contributed by atoms with Crippen molar-refractivity contribution in [2.75, 3.05) is 11.1 Å². The molecule has 0 unspecified atom stereocenters. The summed E-state index contributed by atoms with van der Waals surface area (Å²) in [7, 11) is 0. The maximum Gasteiger partial charge on any atom is 0.234 e. The van der Waals surface area contributed by atoms with Crippen LogP contribution in [0.2, 0.25) is 5.02 Å². The zero-order chi connectivity index (χ0) is 21.8. The van der Waals surface area contributed by atoms with Gasteiger partial charge in [0.1, 0.15) is 5.82 Å². The number of nitrogens with one attached hydrogen (secondary N) is 1. The fraction of sp³-hybridized carbons (Fsp3) is 0.125. The van der Waals surface area contributed by atoms with Gasteiger partial charge in [-0.2, -0.15) is 0 Å². The van der Waals surface area contributed by atoms with Crippen molar-refractivity contribution in [1.82, 2.24) is 0 Å². The molecule has 0 spiro atoms. The molecule has 4 rings (SSSR count). The molecule has 0 aromatic heterocycles.